The first-order chi connectivity index (χ1) is 16.5. The van der Waals surface area contributed by atoms with Gasteiger partial charge in [-0.15, -0.1) is 0 Å². The lowest BCUT2D eigenvalue weighted by Gasteiger charge is -2.31. The maximum absolute atomic E-state index is 14.0. The second kappa shape index (κ2) is 9.93. The van der Waals surface area contributed by atoms with Crippen LogP contribution in [-0.4, -0.2) is 36.0 Å². The van der Waals surface area contributed by atoms with Gasteiger partial charge in [-0.05, 0) is 52.8 Å². The number of nitrogens with zero attached hydrogens (tertiary/aromatic N) is 1. The van der Waals surface area contributed by atoms with Crippen molar-refractivity contribution in [3.63, 3.8) is 0 Å². The summed E-state index contributed by atoms with van der Waals surface area (Å²) in [5.41, 5.74) is 12.3. The maximum Gasteiger partial charge on any atom is 0.251 e. The molecule has 1 atom stereocenters. The van der Waals surface area contributed by atoms with E-state index in [1.54, 1.807) is 6.07 Å². The molecule has 0 radical (unpaired) electrons. The topological polar surface area (TPSA) is 58.4 Å². The van der Waals surface area contributed by atoms with Crippen molar-refractivity contribution < 1.29 is 4.79 Å². The molecule has 34 heavy (non-hydrogen) atoms. The van der Waals surface area contributed by atoms with E-state index in [0.29, 0.717) is 29.7 Å². The van der Waals surface area contributed by atoms with Crippen molar-refractivity contribution >= 4 is 34.7 Å². The minimum Gasteiger partial charge on any atom is -0.332 e. The second-order valence-corrected chi connectivity index (χ2v) is 9.74. The first-order valence-corrected chi connectivity index (χ1v) is 12.4. The molecule has 0 bridgehead atoms. The van der Waals surface area contributed by atoms with E-state index in [2.05, 4.69) is 35.6 Å². The summed E-state index contributed by atoms with van der Waals surface area (Å²) in [6, 6.07) is 24.1. The molecule has 174 valence electrons. The van der Waals surface area contributed by atoms with Gasteiger partial charge in [-0.2, -0.15) is 0 Å². The Hall–Kier alpha value is -2.63. The number of nitrogens with one attached hydrogen (secondary N) is 1. The molecule has 1 amide bonds. The number of nitrogens with two attached hydrogens (primary N) is 1. The van der Waals surface area contributed by atoms with Crippen molar-refractivity contribution in [2.24, 2.45) is 5.73 Å². The molecule has 3 aromatic carbocycles. The van der Waals surface area contributed by atoms with E-state index in [4.69, 9.17) is 28.9 Å². The van der Waals surface area contributed by atoms with Crippen LogP contribution in [0.1, 0.15) is 24.0 Å². The molecule has 0 aromatic heterocycles. The van der Waals surface area contributed by atoms with Gasteiger partial charge in [-0.25, -0.2) is 0 Å². The van der Waals surface area contributed by atoms with Crippen LogP contribution in [-0.2, 0) is 11.3 Å². The number of halogens is 2. The van der Waals surface area contributed by atoms with Gasteiger partial charge in [0.15, 0.2) is 0 Å². The molecule has 1 aliphatic heterocycles. The summed E-state index contributed by atoms with van der Waals surface area (Å²) in [5.74, 6) is 0.0151. The van der Waals surface area contributed by atoms with Gasteiger partial charge in [-0.1, -0.05) is 83.9 Å². The van der Waals surface area contributed by atoms with E-state index in [-0.39, 0.29) is 18.0 Å². The lowest BCUT2D eigenvalue weighted by molar-refractivity contribution is -0.128. The van der Waals surface area contributed by atoms with Gasteiger partial charge < -0.3 is 16.0 Å². The van der Waals surface area contributed by atoms with Crippen LogP contribution in [0.2, 0.25) is 10.0 Å². The fraction of sp³-hybridized carbons (Fsp3) is 0.250. The highest BCUT2D eigenvalue weighted by Gasteiger charge is 2.36. The van der Waals surface area contributed by atoms with E-state index < -0.39 is 0 Å². The van der Waals surface area contributed by atoms with Crippen molar-refractivity contribution in [1.29, 1.82) is 0 Å². The van der Waals surface area contributed by atoms with E-state index in [1.165, 1.54) is 0 Å². The maximum atomic E-state index is 14.0. The minimum absolute atomic E-state index is 0.0151. The largest absolute Gasteiger partial charge is 0.332 e. The van der Waals surface area contributed by atoms with Crippen LogP contribution < -0.4 is 11.1 Å². The molecular formula is C28H27Cl2N3O. The lowest BCUT2D eigenvalue weighted by Crippen LogP contribution is -2.46. The summed E-state index contributed by atoms with van der Waals surface area (Å²) in [6.45, 7) is 1.55. The average Bonchev–Trinajstić information content (AvgIpc) is 3.70. The predicted octanol–water partition coefficient (Wildman–Crippen LogP) is 5.54. The molecule has 5 rings (SSSR count). The molecule has 6 heteroatoms. The van der Waals surface area contributed by atoms with Gasteiger partial charge in [0, 0.05) is 37.3 Å². The number of carbonyl (C=O) groups excluding carboxylic acids is 1. The van der Waals surface area contributed by atoms with Crippen LogP contribution in [0.25, 0.3) is 16.7 Å². The van der Waals surface area contributed by atoms with E-state index in [9.17, 15) is 4.79 Å². The second-order valence-electron chi connectivity index (χ2n) is 8.95. The number of carbonyl (C=O) groups is 1. The Labute approximate surface area is 210 Å². The minimum atomic E-state index is -0.269. The summed E-state index contributed by atoms with van der Waals surface area (Å²) >= 11 is 12.7. The van der Waals surface area contributed by atoms with Gasteiger partial charge in [0.05, 0.1) is 10.0 Å². The fourth-order valence-corrected chi connectivity index (χ4v) is 5.01. The molecular weight excluding hydrogens is 465 g/mol. The Balaban J connectivity index is 1.53. The summed E-state index contributed by atoms with van der Waals surface area (Å²) in [6.07, 6.45) is 1.99. The van der Waals surface area contributed by atoms with Gasteiger partial charge >= 0.3 is 0 Å². The lowest BCUT2D eigenvalue weighted by atomic mass is 9.88. The number of amides is 1. The molecule has 0 spiro atoms. The van der Waals surface area contributed by atoms with Gasteiger partial charge in [0.25, 0.3) is 5.91 Å². The third-order valence-electron chi connectivity index (χ3n) is 6.52. The van der Waals surface area contributed by atoms with E-state index in [0.717, 1.165) is 46.2 Å². The average molecular weight is 492 g/mol. The zero-order chi connectivity index (χ0) is 23.7. The number of hydrogen-bond donors (Lipinski definition) is 2. The molecule has 3 aromatic rings. The van der Waals surface area contributed by atoms with E-state index >= 15 is 0 Å². The molecule has 4 nitrogen and oxygen atoms in total. The van der Waals surface area contributed by atoms with Crippen LogP contribution in [0.5, 0.6) is 0 Å². The molecule has 1 saturated carbocycles. The molecule has 3 N–H and O–H groups in total. The van der Waals surface area contributed by atoms with Gasteiger partial charge in [0.2, 0.25) is 0 Å². The van der Waals surface area contributed by atoms with Crippen molar-refractivity contribution in [2.45, 2.75) is 31.5 Å². The van der Waals surface area contributed by atoms with Crippen molar-refractivity contribution in [3.05, 3.63) is 99.5 Å². The number of benzene rings is 3. The third kappa shape index (κ3) is 4.77. The molecule has 2 aliphatic rings. The van der Waals surface area contributed by atoms with Crippen LogP contribution >= 0.6 is 23.2 Å². The highest BCUT2D eigenvalue weighted by Crippen LogP contribution is 2.35. The van der Waals surface area contributed by atoms with Crippen LogP contribution in [0.15, 0.2) is 78.4 Å². The molecule has 1 unspecified atom stereocenters. The van der Waals surface area contributed by atoms with Crippen LogP contribution in [0, 0.1) is 0 Å². The number of hydrogen-bond acceptors (Lipinski definition) is 3. The van der Waals surface area contributed by atoms with Crippen molar-refractivity contribution in [3.8, 4) is 11.1 Å². The summed E-state index contributed by atoms with van der Waals surface area (Å²) in [4.78, 5) is 15.9. The Kier molecular flexibility index (Phi) is 6.75. The molecule has 1 heterocycles. The third-order valence-corrected chi connectivity index (χ3v) is 7.38. The van der Waals surface area contributed by atoms with Crippen LogP contribution in [0.4, 0.5) is 0 Å². The fourth-order valence-electron chi connectivity index (χ4n) is 4.63. The standard InChI is InChI=1S/C28H27Cl2N3O/c29-24-11-5-10-21(27(24)30)17-33(22-12-13-22)28(34)23-15-32-16-25(31)26(23)20-9-4-8-19(14-20)18-6-2-1-3-7-18/h1-11,14,22,25,32H,12-13,15-17,31H2. The molecule has 1 fully saturated rings. The first kappa shape index (κ1) is 23.1. The summed E-state index contributed by atoms with van der Waals surface area (Å²) < 4.78 is 0. The smallest absolute Gasteiger partial charge is 0.251 e. The zero-order valence-electron chi connectivity index (χ0n) is 18.8. The van der Waals surface area contributed by atoms with Crippen molar-refractivity contribution in [1.82, 2.24) is 10.2 Å². The normalized spacial score (nSPS) is 18.1. The Morgan fingerprint density at radius 2 is 1.65 bits per heavy atom. The predicted molar refractivity (Wildman–Crippen MR) is 140 cm³/mol. The Morgan fingerprint density at radius 1 is 0.941 bits per heavy atom. The number of rotatable bonds is 6. The molecule has 0 saturated heterocycles. The SMILES string of the molecule is NC1CNCC(C(=O)N(Cc2cccc(Cl)c2Cl)C2CC2)=C1c1cccc(-c2ccccc2)c1. The quantitative estimate of drug-likeness (QED) is 0.476. The van der Waals surface area contributed by atoms with Crippen LogP contribution in [0.3, 0.4) is 0 Å². The highest BCUT2D eigenvalue weighted by atomic mass is 35.5. The van der Waals surface area contributed by atoms with Gasteiger partial charge in [0.1, 0.15) is 0 Å². The zero-order valence-corrected chi connectivity index (χ0v) is 20.3. The monoisotopic (exact) mass is 491 g/mol. The van der Waals surface area contributed by atoms with Crippen molar-refractivity contribution in [2.75, 3.05) is 13.1 Å². The summed E-state index contributed by atoms with van der Waals surface area (Å²) in [5, 5.41) is 4.34. The first-order valence-electron chi connectivity index (χ1n) is 11.6. The Morgan fingerprint density at radius 3 is 2.41 bits per heavy atom. The summed E-state index contributed by atoms with van der Waals surface area (Å²) in [7, 11) is 0. The Bertz CT molecular complexity index is 1240. The highest BCUT2D eigenvalue weighted by molar-refractivity contribution is 6.42. The van der Waals surface area contributed by atoms with Gasteiger partial charge in [-0.3, -0.25) is 4.79 Å². The molecule has 1 aliphatic carbocycles. The van der Waals surface area contributed by atoms with E-state index in [1.807, 2.05) is 41.3 Å².